The molecule has 2 rings (SSSR count). The third-order valence-electron chi connectivity index (χ3n) is 3.55. The molecule has 0 saturated carbocycles. The van der Waals surface area contributed by atoms with Crippen molar-refractivity contribution in [3.05, 3.63) is 23.8 Å². The monoisotopic (exact) mass is 274 g/mol. The van der Waals surface area contributed by atoms with E-state index < -0.39 is 0 Å². The molecule has 5 nitrogen and oxygen atoms in total. The number of rotatable bonds is 3. The van der Waals surface area contributed by atoms with Crippen LogP contribution in [0.2, 0.25) is 0 Å². The third kappa shape index (κ3) is 2.69. The van der Waals surface area contributed by atoms with Crippen LogP contribution >= 0.6 is 0 Å². The van der Waals surface area contributed by atoms with Gasteiger partial charge < -0.3 is 14.4 Å². The number of amides is 1. The number of ether oxygens (including phenoxy) is 2. The number of hydrogen-bond donors (Lipinski definition) is 0. The molecule has 1 aliphatic heterocycles. The van der Waals surface area contributed by atoms with Crippen molar-refractivity contribution >= 4 is 5.91 Å². The van der Waals surface area contributed by atoms with Crippen molar-refractivity contribution in [1.82, 2.24) is 4.90 Å². The number of carbonyl (C=O) groups excluding carboxylic acids is 1. The molecule has 1 aliphatic rings. The minimum atomic E-state index is -0.344. The molecule has 1 unspecified atom stereocenters. The highest BCUT2D eigenvalue weighted by Gasteiger charge is 2.29. The zero-order chi connectivity index (χ0) is 14.5. The molecule has 0 spiro atoms. The number of likely N-dealkylation sites (tertiary alicyclic amines) is 1. The molecule has 1 aromatic rings. The summed E-state index contributed by atoms with van der Waals surface area (Å²) in [6.07, 6.45) is 2.66. The van der Waals surface area contributed by atoms with Crippen LogP contribution in [0.25, 0.3) is 0 Å². The fourth-order valence-corrected chi connectivity index (χ4v) is 2.44. The van der Waals surface area contributed by atoms with Crippen molar-refractivity contribution in [1.29, 1.82) is 5.26 Å². The summed E-state index contributed by atoms with van der Waals surface area (Å²) in [4.78, 5) is 14.2. The predicted molar refractivity (Wildman–Crippen MR) is 73.8 cm³/mol. The fraction of sp³-hybridized carbons (Fsp3) is 0.467. The van der Waals surface area contributed by atoms with Gasteiger partial charge in [-0.2, -0.15) is 5.26 Å². The molecule has 1 aromatic carbocycles. The van der Waals surface area contributed by atoms with E-state index in [-0.39, 0.29) is 11.9 Å². The second-order valence-corrected chi connectivity index (χ2v) is 4.71. The van der Waals surface area contributed by atoms with Gasteiger partial charge in [0.1, 0.15) is 17.5 Å². The maximum absolute atomic E-state index is 12.6. The van der Waals surface area contributed by atoms with E-state index in [1.54, 1.807) is 30.2 Å². The summed E-state index contributed by atoms with van der Waals surface area (Å²) in [6.45, 7) is 0.617. The standard InChI is InChI=1S/C15H18N2O3/c1-19-12-6-7-13(14(9-12)20-2)15(18)17-8-4-3-5-11(17)10-16/h6-7,9,11H,3-5,8H2,1-2H3. The summed E-state index contributed by atoms with van der Waals surface area (Å²) in [5.41, 5.74) is 0.468. The largest absolute Gasteiger partial charge is 0.497 e. The van der Waals surface area contributed by atoms with Crippen molar-refractivity contribution in [3.63, 3.8) is 0 Å². The molecule has 1 heterocycles. The van der Waals surface area contributed by atoms with Gasteiger partial charge >= 0.3 is 0 Å². The van der Waals surface area contributed by atoms with Crippen LogP contribution in [0.4, 0.5) is 0 Å². The quantitative estimate of drug-likeness (QED) is 0.848. The average molecular weight is 274 g/mol. The minimum absolute atomic E-state index is 0.157. The summed E-state index contributed by atoms with van der Waals surface area (Å²) in [6, 6.07) is 6.95. The molecule has 20 heavy (non-hydrogen) atoms. The zero-order valence-corrected chi connectivity index (χ0v) is 11.8. The molecule has 1 atom stereocenters. The van der Waals surface area contributed by atoms with Crippen LogP contribution in [0.1, 0.15) is 29.6 Å². The number of hydrogen-bond acceptors (Lipinski definition) is 4. The summed E-state index contributed by atoms with van der Waals surface area (Å²) in [5.74, 6) is 0.946. The van der Waals surface area contributed by atoms with Crippen molar-refractivity contribution in [2.45, 2.75) is 25.3 Å². The molecule has 1 fully saturated rings. The molecule has 0 bridgehead atoms. The molecule has 0 radical (unpaired) electrons. The molecule has 0 aromatic heterocycles. The van der Waals surface area contributed by atoms with Crippen molar-refractivity contribution in [3.8, 4) is 17.6 Å². The first-order valence-electron chi connectivity index (χ1n) is 6.64. The number of piperidine rings is 1. The number of benzene rings is 1. The SMILES string of the molecule is COc1ccc(C(=O)N2CCCCC2C#N)c(OC)c1. The van der Waals surface area contributed by atoms with E-state index in [2.05, 4.69) is 6.07 Å². The van der Waals surface area contributed by atoms with E-state index in [0.717, 1.165) is 19.3 Å². The average Bonchev–Trinajstić information content (AvgIpc) is 2.53. The minimum Gasteiger partial charge on any atom is -0.497 e. The second-order valence-electron chi connectivity index (χ2n) is 4.71. The van der Waals surface area contributed by atoms with Gasteiger partial charge in [0.2, 0.25) is 0 Å². The van der Waals surface area contributed by atoms with Crippen molar-refractivity contribution < 1.29 is 14.3 Å². The molecular weight excluding hydrogens is 256 g/mol. The van der Waals surface area contributed by atoms with E-state index in [1.807, 2.05) is 0 Å². The smallest absolute Gasteiger partial charge is 0.258 e. The Kier molecular flexibility index (Phi) is 4.46. The molecule has 0 N–H and O–H groups in total. The molecular formula is C15H18N2O3. The van der Waals surface area contributed by atoms with E-state index in [9.17, 15) is 10.1 Å². The molecule has 0 aliphatic carbocycles. The number of carbonyl (C=O) groups is 1. The Bertz CT molecular complexity index is 536. The molecule has 106 valence electrons. The second kappa shape index (κ2) is 6.29. The highest BCUT2D eigenvalue weighted by Crippen LogP contribution is 2.28. The van der Waals surface area contributed by atoms with Gasteiger partial charge in [-0.25, -0.2) is 0 Å². The summed E-state index contributed by atoms with van der Waals surface area (Å²) >= 11 is 0. The van der Waals surface area contributed by atoms with E-state index in [4.69, 9.17) is 9.47 Å². The van der Waals surface area contributed by atoms with Crippen LogP contribution in [0, 0.1) is 11.3 Å². The molecule has 1 amide bonds. The van der Waals surface area contributed by atoms with Crippen LogP contribution < -0.4 is 9.47 Å². The maximum atomic E-state index is 12.6. The zero-order valence-electron chi connectivity index (χ0n) is 11.8. The van der Waals surface area contributed by atoms with E-state index in [0.29, 0.717) is 23.6 Å². The van der Waals surface area contributed by atoms with Gasteiger partial charge in [0, 0.05) is 12.6 Å². The highest BCUT2D eigenvalue weighted by molar-refractivity contribution is 5.97. The van der Waals surface area contributed by atoms with Gasteiger partial charge in [-0.15, -0.1) is 0 Å². The topological polar surface area (TPSA) is 62.6 Å². The molecule has 1 saturated heterocycles. The van der Waals surface area contributed by atoms with Gasteiger partial charge in [-0.05, 0) is 31.4 Å². The first kappa shape index (κ1) is 14.2. The van der Waals surface area contributed by atoms with Gasteiger partial charge in [0.05, 0.1) is 25.9 Å². The summed E-state index contributed by atoms with van der Waals surface area (Å²) < 4.78 is 10.4. The Balaban J connectivity index is 2.30. The fourth-order valence-electron chi connectivity index (χ4n) is 2.44. The van der Waals surface area contributed by atoms with Gasteiger partial charge in [0.25, 0.3) is 5.91 Å². The van der Waals surface area contributed by atoms with Crippen molar-refractivity contribution in [2.24, 2.45) is 0 Å². The normalized spacial score (nSPS) is 18.2. The highest BCUT2D eigenvalue weighted by atomic mass is 16.5. The molecule has 5 heteroatoms. The Hall–Kier alpha value is -2.22. The van der Waals surface area contributed by atoms with Crippen LogP contribution in [-0.4, -0.2) is 37.6 Å². The Morgan fingerprint density at radius 3 is 2.80 bits per heavy atom. The lowest BCUT2D eigenvalue weighted by atomic mass is 10.0. The lowest BCUT2D eigenvalue weighted by Gasteiger charge is -2.31. The van der Waals surface area contributed by atoms with Crippen LogP contribution in [0.15, 0.2) is 18.2 Å². The first-order valence-corrected chi connectivity index (χ1v) is 6.64. The van der Waals surface area contributed by atoms with Crippen LogP contribution in [-0.2, 0) is 0 Å². The van der Waals surface area contributed by atoms with Gasteiger partial charge in [-0.1, -0.05) is 0 Å². The summed E-state index contributed by atoms with van der Waals surface area (Å²) in [5, 5.41) is 9.17. The maximum Gasteiger partial charge on any atom is 0.258 e. The summed E-state index contributed by atoms with van der Waals surface area (Å²) in [7, 11) is 3.08. The van der Waals surface area contributed by atoms with Crippen molar-refractivity contribution in [2.75, 3.05) is 20.8 Å². The van der Waals surface area contributed by atoms with Crippen LogP contribution in [0.3, 0.4) is 0 Å². The first-order chi connectivity index (χ1) is 9.71. The van der Waals surface area contributed by atoms with Gasteiger partial charge in [-0.3, -0.25) is 4.79 Å². The van der Waals surface area contributed by atoms with Gasteiger partial charge in [0.15, 0.2) is 0 Å². The lowest BCUT2D eigenvalue weighted by molar-refractivity contribution is 0.0667. The van der Waals surface area contributed by atoms with Crippen LogP contribution in [0.5, 0.6) is 11.5 Å². The predicted octanol–water partition coefficient (Wildman–Crippen LogP) is 2.22. The number of nitrogens with zero attached hydrogens (tertiary/aromatic N) is 2. The number of methoxy groups -OCH3 is 2. The Morgan fingerprint density at radius 1 is 1.35 bits per heavy atom. The van der Waals surface area contributed by atoms with E-state index >= 15 is 0 Å². The lowest BCUT2D eigenvalue weighted by Crippen LogP contribution is -2.43. The Labute approximate surface area is 118 Å². The third-order valence-corrected chi connectivity index (χ3v) is 3.55. The Morgan fingerprint density at radius 2 is 2.15 bits per heavy atom. The number of nitriles is 1. The van der Waals surface area contributed by atoms with E-state index in [1.165, 1.54) is 7.11 Å².